The van der Waals surface area contributed by atoms with Gasteiger partial charge in [-0.2, -0.15) is 6.07 Å². The molecule has 0 aliphatic heterocycles. The molecule has 0 radical (unpaired) electrons. The van der Waals surface area contributed by atoms with Gasteiger partial charge < -0.3 is 0 Å². The number of benzene rings is 4. The number of rotatable bonds is 3. The summed E-state index contributed by atoms with van der Waals surface area (Å²) in [5.41, 5.74) is 4.12. The molecule has 0 saturated heterocycles. The number of halogens is 2. The number of hydrogen-bond donors (Lipinski definition) is 0. The number of fused-ring (bicyclic) bond motifs is 4. The molecule has 0 amide bonds. The van der Waals surface area contributed by atoms with Gasteiger partial charge in [-0.3, -0.25) is 0 Å². The van der Waals surface area contributed by atoms with Crippen LogP contribution in [0.2, 0.25) is 0 Å². The van der Waals surface area contributed by atoms with Gasteiger partial charge in [0, 0.05) is 0 Å². The van der Waals surface area contributed by atoms with E-state index >= 15 is 0 Å². The Hall–Kier alpha value is -1.53. The SMILES string of the molecule is CCCc1cc2c(-c3cc4ccccc4c4ccccc34)cccc2[cH-]1.[Cl][Zr][Cl]. The summed E-state index contributed by atoms with van der Waals surface area (Å²) >= 11 is -0.826. The summed E-state index contributed by atoms with van der Waals surface area (Å²) in [6.45, 7) is 2.25. The second-order valence-electron chi connectivity index (χ2n) is 7.18. The Morgan fingerprint density at radius 1 is 0.724 bits per heavy atom. The molecule has 0 atom stereocenters. The summed E-state index contributed by atoms with van der Waals surface area (Å²) in [5, 5.41) is 8.02. The minimum atomic E-state index is -0.826. The van der Waals surface area contributed by atoms with Crippen LogP contribution >= 0.6 is 17.0 Å². The van der Waals surface area contributed by atoms with Gasteiger partial charge in [-0.1, -0.05) is 73.5 Å². The van der Waals surface area contributed by atoms with Gasteiger partial charge in [0.2, 0.25) is 0 Å². The average molecular weight is 496 g/mol. The molecule has 29 heavy (non-hydrogen) atoms. The van der Waals surface area contributed by atoms with Crippen molar-refractivity contribution in [2.75, 3.05) is 0 Å². The normalized spacial score (nSPS) is 10.9. The molecule has 0 fully saturated rings. The van der Waals surface area contributed by atoms with E-state index in [1.54, 1.807) is 0 Å². The summed E-state index contributed by atoms with van der Waals surface area (Å²) in [6.07, 6.45) is 2.33. The van der Waals surface area contributed by atoms with E-state index in [0.717, 1.165) is 6.42 Å². The Bertz CT molecular complexity index is 1270. The standard InChI is InChI=1S/C26H21.2ClH.Zr/c1-2-8-18-15-19-10-7-14-24(25(19)16-18)26-17-20-9-3-4-11-21(20)22-12-5-6-13-23(22)26;;;/h3-7,9-17H,2,8H2,1H3;2*1H;/q-1;;;+2/p-2. The summed E-state index contributed by atoms with van der Waals surface area (Å²) < 4.78 is 0. The van der Waals surface area contributed by atoms with E-state index in [0.29, 0.717) is 0 Å². The molecule has 3 heteroatoms. The van der Waals surface area contributed by atoms with Gasteiger partial charge in [0.1, 0.15) is 0 Å². The molecule has 0 saturated carbocycles. The van der Waals surface area contributed by atoms with Gasteiger partial charge in [0.05, 0.1) is 0 Å². The fourth-order valence-corrected chi connectivity index (χ4v) is 4.24. The second-order valence-corrected chi connectivity index (χ2v) is 10.9. The maximum absolute atomic E-state index is 4.93. The first kappa shape index (κ1) is 20.7. The van der Waals surface area contributed by atoms with Gasteiger partial charge in [-0.15, -0.1) is 34.5 Å². The number of aryl methyl sites for hydroxylation is 1. The predicted octanol–water partition coefficient (Wildman–Crippen LogP) is 8.86. The van der Waals surface area contributed by atoms with Gasteiger partial charge in [0.25, 0.3) is 0 Å². The van der Waals surface area contributed by atoms with Crippen molar-refractivity contribution in [1.29, 1.82) is 0 Å². The molecule has 0 aromatic heterocycles. The summed E-state index contributed by atoms with van der Waals surface area (Å²) in [7, 11) is 9.87. The van der Waals surface area contributed by atoms with Crippen LogP contribution in [0.1, 0.15) is 18.9 Å². The zero-order valence-electron chi connectivity index (χ0n) is 16.3. The summed E-state index contributed by atoms with van der Waals surface area (Å²) in [6, 6.07) is 31.3. The van der Waals surface area contributed by atoms with E-state index in [1.807, 2.05) is 0 Å². The van der Waals surface area contributed by atoms with Crippen LogP contribution in [-0.4, -0.2) is 0 Å². The minimum absolute atomic E-state index is 0.826. The molecule has 5 aromatic carbocycles. The second kappa shape index (κ2) is 9.52. The van der Waals surface area contributed by atoms with Crippen LogP contribution in [0.25, 0.3) is 43.4 Å². The Morgan fingerprint density at radius 3 is 2.17 bits per heavy atom. The predicted molar refractivity (Wildman–Crippen MR) is 126 cm³/mol. The van der Waals surface area contributed by atoms with Crippen molar-refractivity contribution < 1.29 is 20.8 Å². The topological polar surface area (TPSA) is 0 Å². The maximum atomic E-state index is 4.93. The molecule has 0 heterocycles. The van der Waals surface area contributed by atoms with Crippen molar-refractivity contribution in [2.24, 2.45) is 0 Å². The zero-order chi connectivity index (χ0) is 20.2. The monoisotopic (exact) mass is 493 g/mol. The molecule has 0 unspecified atom stereocenters. The molecule has 0 aliphatic rings. The van der Waals surface area contributed by atoms with Crippen LogP contribution in [0, 0.1) is 0 Å². The Labute approximate surface area is 190 Å². The molecular formula is C26H21Cl2Zr-. The Morgan fingerprint density at radius 2 is 1.41 bits per heavy atom. The molecule has 5 aromatic rings. The van der Waals surface area contributed by atoms with E-state index in [4.69, 9.17) is 17.0 Å². The Kier molecular flexibility index (Phi) is 6.81. The summed E-state index contributed by atoms with van der Waals surface area (Å²) in [4.78, 5) is 0. The zero-order valence-corrected chi connectivity index (χ0v) is 20.2. The first-order chi connectivity index (χ1) is 14.3. The quantitative estimate of drug-likeness (QED) is 0.173. The van der Waals surface area contributed by atoms with E-state index in [9.17, 15) is 0 Å². The summed E-state index contributed by atoms with van der Waals surface area (Å²) in [5.74, 6) is 0. The van der Waals surface area contributed by atoms with Gasteiger partial charge in [0.15, 0.2) is 0 Å². The van der Waals surface area contributed by atoms with Crippen LogP contribution < -0.4 is 0 Å². The average Bonchev–Trinajstić information content (AvgIpc) is 3.17. The molecular weight excluding hydrogens is 474 g/mol. The number of hydrogen-bond acceptors (Lipinski definition) is 0. The van der Waals surface area contributed by atoms with Gasteiger partial charge in [-0.05, 0) is 39.6 Å². The van der Waals surface area contributed by atoms with Crippen LogP contribution in [0.5, 0.6) is 0 Å². The molecule has 0 aliphatic carbocycles. The molecule has 0 N–H and O–H groups in total. The van der Waals surface area contributed by atoms with Crippen molar-refractivity contribution in [3.63, 3.8) is 0 Å². The fourth-order valence-electron chi connectivity index (χ4n) is 4.24. The molecule has 0 nitrogen and oxygen atoms in total. The van der Waals surface area contributed by atoms with Crippen molar-refractivity contribution in [1.82, 2.24) is 0 Å². The van der Waals surface area contributed by atoms with Crippen molar-refractivity contribution in [3.8, 4) is 11.1 Å². The van der Waals surface area contributed by atoms with Crippen LogP contribution in [0.15, 0.2) is 84.9 Å². The van der Waals surface area contributed by atoms with Crippen LogP contribution in [-0.2, 0) is 27.3 Å². The van der Waals surface area contributed by atoms with E-state index < -0.39 is 20.8 Å². The van der Waals surface area contributed by atoms with Gasteiger partial charge >= 0.3 is 37.9 Å². The molecule has 0 bridgehead atoms. The first-order valence-electron chi connectivity index (χ1n) is 9.82. The van der Waals surface area contributed by atoms with Crippen LogP contribution in [0.3, 0.4) is 0 Å². The molecule has 0 spiro atoms. The third-order valence-corrected chi connectivity index (χ3v) is 5.41. The van der Waals surface area contributed by atoms with Crippen LogP contribution in [0.4, 0.5) is 0 Å². The van der Waals surface area contributed by atoms with Gasteiger partial charge in [-0.25, -0.2) is 0 Å². The third kappa shape index (κ3) is 4.20. The van der Waals surface area contributed by atoms with E-state index in [2.05, 4.69) is 91.9 Å². The van der Waals surface area contributed by atoms with Crippen molar-refractivity contribution in [3.05, 3.63) is 90.5 Å². The van der Waals surface area contributed by atoms with E-state index in [1.165, 1.54) is 55.4 Å². The van der Waals surface area contributed by atoms with E-state index in [-0.39, 0.29) is 0 Å². The third-order valence-electron chi connectivity index (χ3n) is 5.41. The molecule has 144 valence electrons. The van der Waals surface area contributed by atoms with Crippen molar-refractivity contribution in [2.45, 2.75) is 19.8 Å². The molecule has 5 rings (SSSR count). The fraction of sp³-hybridized carbons (Fsp3) is 0.115. The first-order valence-corrected chi connectivity index (χ1v) is 16.1. The van der Waals surface area contributed by atoms with Crippen molar-refractivity contribution >= 4 is 49.3 Å². The Balaban J connectivity index is 0.000000645.